The number of β-amino-alcohol motifs (C(OH)–C–C–N with tert-alkyl or cyclic N) is 1. The molecule has 1 heterocycles. The van der Waals surface area contributed by atoms with E-state index in [2.05, 4.69) is 14.7 Å². The second-order valence-electron chi connectivity index (χ2n) is 6.45. The number of hydrogen-bond donors (Lipinski definition) is 3. The average molecular weight is 303 g/mol. The zero-order valence-corrected chi connectivity index (χ0v) is 13.8. The Labute approximate surface area is 129 Å². The van der Waals surface area contributed by atoms with Gasteiger partial charge >= 0.3 is 0 Å². The van der Waals surface area contributed by atoms with Crippen LogP contribution >= 0.6 is 0 Å². The summed E-state index contributed by atoms with van der Waals surface area (Å²) in [6.07, 6.45) is -0.998. The summed E-state index contributed by atoms with van der Waals surface area (Å²) in [5.74, 6) is 0. The van der Waals surface area contributed by atoms with Crippen LogP contribution in [0.15, 0.2) is 0 Å². The van der Waals surface area contributed by atoms with Crippen LogP contribution in [0.3, 0.4) is 0 Å². The highest BCUT2D eigenvalue weighted by Gasteiger charge is 2.19. The van der Waals surface area contributed by atoms with E-state index in [1.807, 2.05) is 6.92 Å². The lowest BCUT2D eigenvalue weighted by Crippen LogP contribution is -2.50. The molecule has 3 atom stereocenters. The molecule has 1 rings (SSSR count). The minimum absolute atomic E-state index is 0.260. The van der Waals surface area contributed by atoms with Crippen LogP contribution in [-0.4, -0.2) is 107 Å². The van der Waals surface area contributed by atoms with Crippen molar-refractivity contribution in [3.63, 3.8) is 0 Å². The molecular formula is C15H33N3O3. The minimum Gasteiger partial charge on any atom is -0.392 e. The summed E-state index contributed by atoms with van der Waals surface area (Å²) in [5.41, 5.74) is 0. The highest BCUT2D eigenvalue weighted by Crippen LogP contribution is 2.04. The van der Waals surface area contributed by atoms with Crippen LogP contribution in [0.4, 0.5) is 0 Å². The molecule has 0 aromatic heterocycles. The molecule has 1 fully saturated rings. The maximum Gasteiger partial charge on any atom is 0.0639 e. The molecule has 0 amide bonds. The maximum absolute atomic E-state index is 9.52. The number of hydrogen-bond acceptors (Lipinski definition) is 6. The fourth-order valence-corrected chi connectivity index (χ4v) is 2.86. The molecule has 0 bridgehead atoms. The smallest absolute Gasteiger partial charge is 0.0639 e. The molecule has 0 aromatic carbocycles. The molecule has 1 saturated heterocycles. The topological polar surface area (TPSA) is 70.4 Å². The average Bonchev–Trinajstić information content (AvgIpc) is 2.35. The largest absolute Gasteiger partial charge is 0.392 e. The number of aliphatic hydroxyl groups is 3. The predicted molar refractivity (Wildman–Crippen MR) is 84.4 cm³/mol. The first-order valence-electron chi connectivity index (χ1n) is 8.08. The number of nitrogens with zero attached hydrogens (tertiary/aromatic N) is 3. The summed E-state index contributed by atoms with van der Waals surface area (Å²) in [4.78, 5) is 6.83. The highest BCUT2D eigenvalue weighted by molar-refractivity contribution is 4.75. The van der Waals surface area contributed by atoms with Crippen LogP contribution in [-0.2, 0) is 0 Å². The monoisotopic (exact) mass is 303 g/mol. The van der Waals surface area contributed by atoms with Gasteiger partial charge in [0.2, 0.25) is 0 Å². The van der Waals surface area contributed by atoms with Crippen molar-refractivity contribution >= 4 is 0 Å². The van der Waals surface area contributed by atoms with Gasteiger partial charge in [-0.2, -0.15) is 0 Å². The molecular weight excluding hydrogens is 270 g/mol. The van der Waals surface area contributed by atoms with Crippen LogP contribution in [0.1, 0.15) is 20.8 Å². The van der Waals surface area contributed by atoms with E-state index >= 15 is 0 Å². The molecule has 126 valence electrons. The van der Waals surface area contributed by atoms with E-state index in [0.29, 0.717) is 13.1 Å². The van der Waals surface area contributed by atoms with Gasteiger partial charge in [0.15, 0.2) is 0 Å². The summed E-state index contributed by atoms with van der Waals surface area (Å²) >= 11 is 0. The zero-order chi connectivity index (χ0) is 15.8. The molecule has 0 aliphatic carbocycles. The molecule has 3 unspecified atom stereocenters. The molecule has 0 saturated carbocycles. The molecule has 0 spiro atoms. The van der Waals surface area contributed by atoms with Gasteiger partial charge in [0.25, 0.3) is 0 Å². The summed E-state index contributed by atoms with van der Waals surface area (Å²) < 4.78 is 0. The Morgan fingerprint density at radius 3 is 1.71 bits per heavy atom. The lowest BCUT2D eigenvalue weighted by Gasteiger charge is -2.36. The van der Waals surface area contributed by atoms with E-state index in [9.17, 15) is 15.3 Å². The summed E-state index contributed by atoms with van der Waals surface area (Å²) in [7, 11) is 0. The minimum atomic E-state index is -0.369. The second-order valence-corrected chi connectivity index (χ2v) is 6.45. The SMILES string of the molecule is CC(O)CN1CCN(CCN(CC(C)O)CC(C)O)CC1. The van der Waals surface area contributed by atoms with Crippen LogP contribution in [0.2, 0.25) is 0 Å². The summed E-state index contributed by atoms with van der Waals surface area (Å²) in [6.45, 7) is 13.2. The Morgan fingerprint density at radius 1 is 0.810 bits per heavy atom. The van der Waals surface area contributed by atoms with Crippen molar-refractivity contribution in [3.8, 4) is 0 Å². The normalized spacial score (nSPS) is 22.4. The molecule has 1 aliphatic rings. The maximum atomic E-state index is 9.52. The van der Waals surface area contributed by atoms with Crippen molar-refractivity contribution in [2.75, 3.05) is 58.9 Å². The Hall–Kier alpha value is -0.240. The van der Waals surface area contributed by atoms with Gasteiger partial charge in [0.05, 0.1) is 18.3 Å². The Morgan fingerprint density at radius 2 is 1.29 bits per heavy atom. The zero-order valence-electron chi connectivity index (χ0n) is 13.8. The van der Waals surface area contributed by atoms with Crippen molar-refractivity contribution in [2.24, 2.45) is 0 Å². The van der Waals surface area contributed by atoms with Crippen molar-refractivity contribution in [1.82, 2.24) is 14.7 Å². The molecule has 1 aliphatic heterocycles. The third-order valence-corrected chi connectivity index (χ3v) is 3.76. The number of aliphatic hydroxyl groups excluding tert-OH is 3. The third-order valence-electron chi connectivity index (χ3n) is 3.76. The summed E-state index contributed by atoms with van der Waals surface area (Å²) in [5, 5.41) is 28.5. The van der Waals surface area contributed by atoms with Crippen LogP contribution in [0.25, 0.3) is 0 Å². The molecule has 6 heteroatoms. The van der Waals surface area contributed by atoms with Crippen LogP contribution < -0.4 is 0 Å². The first-order chi connectivity index (χ1) is 9.86. The van der Waals surface area contributed by atoms with Gasteiger partial charge in [-0.1, -0.05) is 0 Å². The lowest BCUT2D eigenvalue weighted by atomic mass is 10.2. The second kappa shape index (κ2) is 9.71. The van der Waals surface area contributed by atoms with Crippen molar-refractivity contribution in [1.29, 1.82) is 0 Å². The Kier molecular flexibility index (Phi) is 8.70. The third kappa shape index (κ3) is 8.70. The quantitative estimate of drug-likeness (QED) is 0.510. The predicted octanol–water partition coefficient (Wildman–Crippen LogP) is -0.952. The van der Waals surface area contributed by atoms with Crippen LogP contribution in [0, 0.1) is 0 Å². The standard InChI is InChI=1S/C15H33N3O3/c1-13(19)10-17-7-4-16(5-8-17)6-9-18(11-14(2)20)12-15(3)21/h13-15,19-21H,4-12H2,1-3H3. The lowest BCUT2D eigenvalue weighted by molar-refractivity contribution is 0.0579. The number of piperazine rings is 1. The van der Waals surface area contributed by atoms with E-state index in [4.69, 9.17) is 0 Å². The van der Waals surface area contributed by atoms with E-state index < -0.39 is 0 Å². The van der Waals surface area contributed by atoms with Crippen LogP contribution in [0.5, 0.6) is 0 Å². The molecule has 6 nitrogen and oxygen atoms in total. The van der Waals surface area contributed by atoms with Crippen molar-refractivity contribution < 1.29 is 15.3 Å². The molecule has 0 aromatic rings. The molecule has 21 heavy (non-hydrogen) atoms. The molecule has 3 N–H and O–H groups in total. The van der Waals surface area contributed by atoms with E-state index in [1.165, 1.54) is 0 Å². The van der Waals surface area contributed by atoms with Gasteiger partial charge in [-0.05, 0) is 20.8 Å². The highest BCUT2D eigenvalue weighted by atomic mass is 16.3. The van der Waals surface area contributed by atoms with E-state index in [1.54, 1.807) is 13.8 Å². The number of rotatable bonds is 9. The van der Waals surface area contributed by atoms with Gasteiger partial charge in [-0.25, -0.2) is 0 Å². The van der Waals surface area contributed by atoms with Gasteiger partial charge < -0.3 is 15.3 Å². The first kappa shape index (κ1) is 18.8. The summed E-state index contributed by atoms with van der Waals surface area (Å²) in [6, 6.07) is 0. The first-order valence-corrected chi connectivity index (χ1v) is 8.08. The van der Waals surface area contributed by atoms with Crippen molar-refractivity contribution in [3.05, 3.63) is 0 Å². The van der Waals surface area contributed by atoms with E-state index in [-0.39, 0.29) is 18.3 Å². The fraction of sp³-hybridized carbons (Fsp3) is 1.00. The van der Waals surface area contributed by atoms with Crippen molar-refractivity contribution in [2.45, 2.75) is 39.1 Å². The fourth-order valence-electron chi connectivity index (χ4n) is 2.86. The Bertz CT molecular complexity index is 257. The van der Waals surface area contributed by atoms with E-state index in [0.717, 1.165) is 45.8 Å². The van der Waals surface area contributed by atoms with Gasteiger partial charge in [0, 0.05) is 58.9 Å². The molecule has 0 radical (unpaired) electrons. The van der Waals surface area contributed by atoms with Gasteiger partial charge in [-0.3, -0.25) is 14.7 Å². The van der Waals surface area contributed by atoms with Gasteiger partial charge in [0.1, 0.15) is 0 Å². The van der Waals surface area contributed by atoms with Gasteiger partial charge in [-0.15, -0.1) is 0 Å². The Balaban J connectivity index is 2.26.